The lowest BCUT2D eigenvalue weighted by Gasteiger charge is -2.35. The number of fused-ring (bicyclic) bond motifs is 1. The van der Waals surface area contributed by atoms with Crippen molar-refractivity contribution in [3.8, 4) is 11.5 Å². The summed E-state index contributed by atoms with van der Waals surface area (Å²) in [6.45, 7) is 7.32. The minimum Gasteiger partial charge on any atom is -0.504 e. The van der Waals surface area contributed by atoms with Crippen molar-refractivity contribution in [1.82, 2.24) is 4.90 Å². The number of benzene rings is 2. The van der Waals surface area contributed by atoms with Gasteiger partial charge in [-0.15, -0.1) is 12.4 Å². The molecule has 3 rings (SSSR count). The summed E-state index contributed by atoms with van der Waals surface area (Å²) in [5.74, 6) is 0.944. The van der Waals surface area contributed by atoms with E-state index < -0.39 is 0 Å². The summed E-state index contributed by atoms with van der Waals surface area (Å²) < 4.78 is 5.88. The van der Waals surface area contributed by atoms with Gasteiger partial charge < -0.3 is 14.7 Å². The van der Waals surface area contributed by atoms with Gasteiger partial charge in [0, 0.05) is 11.6 Å². The highest BCUT2D eigenvalue weighted by molar-refractivity contribution is 5.85. The summed E-state index contributed by atoms with van der Waals surface area (Å²) in [5, 5.41) is 10.7. The normalized spacial score (nSPS) is 15.9. The first kappa shape index (κ1) is 21.6. The molecule has 1 unspecified atom stereocenters. The van der Waals surface area contributed by atoms with E-state index in [1.807, 2.05) is 36.4 Å². The number of ether oxygens (including phenoxy) is 1. The van der Waals surface area contributed by atoms with Crippen LogP contribution in [0.3, 0.4) is 0 Å². The molecule has 1 aliphatic carbocycles. The highest BCUT2D eigenvalue weighted by Gasteiger charge is 2.26. The molecule has 1 N–H and O–H groups in total. The number of hydrogen-bond acceptors (Lipinski definition) is 3. The molecular formula is C23H32ClNO2. The average molecular weight is 390 g/mol. The largest absolute Gasteiger partial charge is 0.504 e. The first-order valence-corrected chi connectivity index (χ1v) is 9.97. The van der Waals surface area contributed by atoms with Crippen molar-refractivity contribution in [3.63, 3.8) is 0 Å². The molecule has 4 heteroatoms. The van der Waals surface area contributed by atoms with Crippen LogP contribution in [0.5, 0.6) is 11.5 Å². The predicted octanol–water partition coefficient (Wildman–Crippen LogP) is 5.37. The lowest BCUT2D eigenvalue weighted by molar-refractivity contribution is 0.179. The van der Waals surface area contributed by atoms with E-state index >= 15 is 0 Å². The van der Waals surface area contributed by atoms with E-state index in [1.54, 1.807) is 0 Å². The molecule has 0 saturated carbocycles. The maximum atomic E-state index is 10.7. The number of phenolic OH excluding ortho intramolecular Hbond substituents is 1. The third-order valence-corrected chi connectivity index (χ3v) is 5.30. The second-order valence-corrected chi connectivity index (χ2v) is 7.26. The fourth-order valence-corrected chi connectivity index (χ4v) is 4.01. The van der Waals surface area contributed by atoms with Gasteiger partial charge in [0.1, 0.15) is 6.61 Å². The standard InChI is InChI=1S/C23H31NO2.ClH/c1-3-14-24(15-4-2)20-11-12-21-19(16-20)10-13-22(23(21)25)26-17-18-8-6-5-7-9-18;/h5-10,13,20,25H,3-4,11-12,14-17H2,1-2H3;1H. The summed E-state index contributed by atoms with van der Waals surface area (Å²) in [7, 11) is 0. The van der Waals surface area contributed by atoms with E-state index in [-0.39, 0.29) is 12.4 Å². The summed E-state index contributed by atoms with van der Waals surface area (Å²) in [6, 6.07) is 14.8. The van der Waals surface area contributed by atoms with Crippen LogP contribution in [0.2, 0.25) is 0 Å². The third kappa shape index (κ3) is 5.40. The van der Waals surface area contributed by atoms with Crippen molar-refractivity contribution in [2.24, 2.45) is 0 Å². The van der Waals surface area contributed by atoms with Crippen molar-refractivity contribution in [2.45, 2.75) is 58.6 Å². The van der Waals surface area contributed by atoms with Crippen molar-refractivity contribution in [3.05, 3.63) is 59.2 Å². The second kappa shape index (κ2) is 10.6. The zero-order valence-electron chi connectivity index (χ0n) is 16.5. The molecule has 1 aliphatic rings. The van der Waals surface area contributed by atoms with Crippen molar-refractivity contribution in [2.75, 3.05) is 13.1 Å². The maximum Gasteiger partial charge on any atom is 0.161 e. The molecule has 3 nitrogen and oxygen atoms in total. The fourth-order valence-electron chi connectivity index (χ4n) is 4.01. The Morgan fingerprint density at radius 2 is 1.74 bits per heavy atom. The molecule has 0 amide bonds. The Morgan fingerprint density at radius 1 is 1.04 bits per heavy atom. The van der Waals surface area contributed by atoms with Crippen LogP contribution in [0.15, 0.2) is 42.5 Å². The highest BCUT2D eigenvalue weighted by Crippen LogP contribution is 2.38. The van der Waals surface area contributed by atoms with Gasteiger partial charge in [-0.25, -0.2) is 0 Å². The van der Waals surface area contributed by atoms with E-state index in [0.29, 0.717) is 24.1 Å². The summed E-state index contributed by atoms with van der Waals surface area (Å²) in [6.07, 6.45) is 5.46. The molecule has 2 aromatic rings. The summed E-state index contributed by atoms with van der Waals surface area (Å²) in [4.78, 5) is 2.62. The zero-order valence-corrected chi connectivity index (χ0v) is 17.3. The van der Waals surface area contributed by atoms with Crippen LogP contribution >= 0.6 is 12.4 Å². The Bertz CT molecular complexity index is 699. The second-order valence-electron chi connectivity index (χ2n) is 7.26. The van der Waals surface area contributed by atoms with Gasteiger partial charge in [0.2, 0.25) is 0 Å². The number of aromatic hydroxyl groups is 1. The highest BCUT2D eigenvalue weighted by atomic mass is 35.5. The maximum absolute atomic E-state index is 10.7. The van der Waals surface area contributed by atoms with Gasteiger partial charge in [-0.05, 0) is 62.4 Å². The lowest BCUT2D eigenvalue weighted by Crippen LogP contribution is -2.40. The molecule has 0 radical (unpaired) electrons. The predicted molar refractivity (Wildman–Crippen MR) is 114 cm³/mol. The fraction of sp³-hybridized carbons (Fsp3) is 0.478. The Balaban J connectivity index is 0.00000261. The monoisotopic (exact) mass is 389 g/mol. The Kier molecular flexibility index (Phi) is 8.46. The summed E-state index contributed by atoms with van der Waals surface area (Å²) >= 11 is 0. The van der Waals surface area contributed by atoms with E-state index in [1.165, 1.54) is 18.4 Å². The van der Waals surface area contributed by atoms with Gasteiger partial charge in [0.05, 0.1) is 0 Å². The van der Waals surface area contributed by atoms with Crippen LogP contribution in [0.1, 0.15) is 49.8 Å². The number of nitrogens with zero attached hydrogens (tertiary/aromatic N) is 1. The van der Waals surface area contributed by atoms with Gasteiger partial charge in [-0.3, -0.25) is 0 Å². The van der Waals surface area contributed by atoms with Crippen molar-refractivity contribution in [1.29, 1.82) is 0 Å². The van der Waals surface area contributed by atoms with Crippen LogP contribution in [-0.2, 0) is 19.4 Å². The first-order valence-electron chi connectivity index (χ1n) is 9.97. The van der Waals surface area contributed by atoms with Gasteiger partial charge in [0.15, 0.2) is 11.5 Å². The van der Waals surface area contributed by atoms with Gasteiger partial charge in [-0.1, -0.05) is 50.2 Å². The van der Waals surface area contributed by atoms with Crippen LogP contribution in [-0.4, -0.2) is 29.1 Å². The van der Waals surface area contributed by atoms with Crippen LogP contribution in [0.25, 0.3) is 0 Å². The quantitative estimate of drug-likeness (QED) is 0.658. The topological polar surface area (TPSA) is 32.7 Å². The van der Waals surface area contributed by atoms with Gasteiger partial charge >= 0.3 is 0 Å². The van der Waals surface area contributed by atoms with E-state index in [0.717, 1.165) is 43.5 Å². The van der Waals surface area contributed by atoms with E-state index in [4.69, 9.17) is 4.74 Å². The number of rotatable bonds is 8. The smallest absolute Gasteiger partial charge is 0.161 e. The third-order valence-electron chi connectivity index (χ3n) is 5.30. The SMILES string of the molecule is CCCN(CCC)C1CCc2c(ccc(OCc3ccccc3)c2O)C1.Cl. The zero-order chi connectivity index (χ0) is 18.4. The molecule has 27 heavy (non-hydrogen) atoms. The minimum atomic E-state index is 0. The molecule has 148 valence electrons. The number of phenols is 1. The van der Waals surface area contributed by atoms with E-state index in [2.05, 4.69) is 24.8 Å². The average Bonchev–Trinajstić information content (AvgIpc) is 2.68. The van der Waals surface area contributed by atoms with Crippen molar-refractivity contribution >= 4 is 12.4 Å². The van der Waals surface area contributed by atoms with Gasteiger partial charge in [-0.2, -0.15) is 0 Å². The summed E-state index contributed by atoms with van der Waals surface area (Å²) in [5.41, 5.74) is 3.47. The molecule has 0 saturated heterocycles. The molecule has 0 heterocycles. The Hall–Kier alpha value is -1.71. The molecule has 1 atom stereocenters. The lowest BCUT2D eigenvalue weighted by atomic mass is 9.86. The molecular weight excluding hydrogens is 358 g/mol. The molecule has 0 aliphatic heterocycles. The van der Waals surface area contributed by atoms with E-state index in [9.17, 15) is 5.11 Å². The molecule has 0 bridgehead atoms. The molecule has 2 aromatic carbocycles. The minimum absolute atomic E-state index is 0. The molecule has 0 spiro atoms. The number of halogens is 1. The van der Waals surface area contributed by atoms with Crippen molar-refractivity contribution < 1.29 is 9.84 Å². The van der Waals surface area contributed by atoms with Gasteiger partial charge in [0.25, 0.3) is 0 Å². The molecule has 0 fully saturated rings. The van der Waals surface area contributed by atoms with Crippen LogP contribution in [0, 0.1) is 0 Å². The first-order chi connectivity index (χ1) is 12.7. The van der Waals surface area contributed by atoms with Crippen LogP contribution < -0.4 is 4.74 Å². The Morgan fingerprint density at radius 3 is 2.41 bits per heavy atom. The van der Waals surface area contributed by atoms with Crippen LogP contribution in [0.4, 0.5) is 0 Å². The Labute approximate surface area is 169 Å². The molecule has 0 aromatic heterocycles. The number of hydrogen-bond donors (Lipinski definition) is 1.